The number of rotatable bonds is 2. The Bertz CT molecular complexity index is 203. The van der Waals surface area contributed by atoms with Crippen LogP contribution in [-0.2, 0) is 10.1 Å². The SMILES string of the molecule is CC(C(O)(Cl)Cl)S(=O)(=O)O. The van der Waals surface area contributed by atoms with Crippen molar-refractivity contribution in [3.05, 3.63) is 0 Å². The third-order valence-electron chi connectivity index (χ3n) is 0.936. The molecule has 2 N–H and O–H groups in total. The first-order chi connectivity index (χ1) is 4.15. The van der Waals surface area contributed by atoms with E-state index in [9.17, 15) is 8.42 Å². The summed E-state index contributed by atoms with van der Waals surface area (Å²) in [4.78, 5) is 0. The molecule has 0 amide bonds. The average Bonchev–Trinajstić information content (AvgIpc) is 1.59. The van der Waals surface area contributed by atoms with E-state index in [0.29, 0.717) is 0 Å². The van der Waals surface area contributed by atoms with Gasteiger partial charge in [0.05, 0.1) is 0 Å². The molecule has 0 rings (SSSR count). The minimum absolute atomic E-state index is 0.981. The quantitative estimate of drug-likeness (QED) is 0.509. The van der Waals surface area contributed by atoms with Crippen molar-refractivity contribution in [2.24, 2.45) is 0 Å². The van der Waals surface area contributed by atoms with E-state index < -0.39 is 19.9 Å². The molecule has 0 heterocycles. The lowest BCUT2D eigenvalue weighted by Crippen LogP contribution is -2.34. The molecule has 0 saturated heterocycles. The Kier molecular flexibility index (Phi) is 2.95. The molecule has 4 nitrogen and oxygen atoms in total. The summed E-state index contributed by atoms with van der Waals surface area (Å²) in [5.41, 5.74) is 0. The lowest BCUT2D eigenvalue weighted by molar-refractivity contribution is 0.208. The smallest absolute Gasteiger partial charge is 0.272 e. The summed E-state index contributed by atoms with van der Waals surface area (Å²) >= 11 is 9.90. The molecule has 0 aliphatic carbocycles. The average molecular weight is 209 g/mol. The highest BCUT2D eigenvalue weighted by molar-refractivity contribution is 7.86. The van der Waals surface area contributed by atoms with Gasteiger partial charge in [-0.05, 0) is 6.92 Å². The summed E-state index contributed by atoms with van der Waals surface area (Å²) in [6.07, 6.45) is 0. The zero-order chi connectivity index (χ0) is 8.58. The van der Waals surface area contributed by atoms with E-state index in [0.717, 1.165) is 6.92 Å². The Hall–Kier alpha value is 0.450. The van der Waals surface area contributed by atoms with Gasteiger partial charge in [0.1, 0.15) is 5.25 Å². The molecule has 0 aliphatic rings. The van der Waals surface area contributed by atoms with Crippen LogP contribution in [0.15, 0.2) is 0 Å². The lowest BCUT2D eigenvalue weighted by atomic mass is 10.5. The van der Waals surface area contributed by atoms with Crippen molar-refractivity contribution in [3.63, 3.8) is 0 Å². The van der Waals surface area contributed by atoms with Gasteiger partial charge < -0.3 is 5.11 Å². The minimum atomic E-state index is -4.37. The molecule has 10 heavy (non-hydrogen) atoms. The molecule has 0 aliphatic heterocycles. The highest BCUT2D eigenvalue weighted by Crippen LogP contribution is 2.25. The number of aliphatic hydroxyl groups is 1. The molecule has 0 spiro atoms. The van der Waals surface area contributed by atoms with Gasteiger partial charge in [-0.2, -0.15) is 8.42 Å². The van der Waals surface area contributed by atoms with Crippen LogP contribution in [0.4, 0.5) is 0 Å². The van der Waals surface area contributed by atoms with Gasteiger partial charge in [-0.15, -0.1) is 0 Å². The van der Waals surface area contributed by atoms with E-state index in [4.69, 9.17) is 32.9 Å². The molecule has 0 aromatic heterocycles. The molecule has 0 saturated carbocycles. The van der Waals surface area contributed by atoms with Crippen molar-refractivity contribution in [1.29, 1.82) is 0 Å². The molecule has 0 aromatic carbocycles. The van der Waals surface area contributed by atoms with Crippen LogP contribution < -0.4 is 0 Å². The van der Waals surface area contributed by atoms with Gasteiger partial charge in [-0.1, -0.05) is 23.2 Å². The number of halogens is 2. The molecule has 0 radical (unpaired) electrons. The first-order valence-corrected chi connectivity index (χ1v) is 4.48. The van der Waals surface area contributed by atoms with Crippen molar-refractivity contribution in [3.8, 4) is 0 Å². The second-order valence-electron chi connectivity index (χ2n) is 1.74. The Morgan fingerprint density at radius 3 is 1.80 bits per heavy atom. The van der Waals surface area contributed by atoms with Gasteiger partial charge in [-0.3, -0.25) is 4.55 Å². The van der Waals surface area contributed by atoms with Gasteiger partial charge in [0.15, 0.2) is 0 Å². The van der Waals surface area contributed by atoms with Crippen molar-refractivity contribution >= 4 is 33.3 Å². The van der Waals surface area contributed by atoms with Crippen molar-refractivity contribution < 1.29 is 18.1 Å². The van der Waals surface area contributed by atoms with Gasteiger partial charge in [-0.25, -0.2) is 0 Å². The monoisotopic (exact) mass is 208 g/mol. The Labute approximate surface area is 68.5 Å². The Morgan fingerprint density at radius 2 is 1.80 bits per heavy atom. The first kappa shape index (κ1) is 10.4. The summed E-state index contributed by atoms with van der Waals surface area (Å²) < 4.78 is 26.2. The molecule has 0 bridgehead atoms. The fraction of sp³-hybridized carbons (Fsp3) is 1.00. The summed E-state index contributed by atoms with van der Waals surface area (Å²) in [5.74, 6) is 0. The third kappa shape index (κ3) is 3.03. The molecule has 1 atom stereocenters. The standard InChI is InChI=1S/C3H6Cl2O4S/c1-2(3(4,5)6)10(7,8)9/h2,6H,1H3,(H,7,8,9). The van der Waals surface area contributed by atoms with Crippen LogP contribution >= 0.6 is 23.2 Å². The molecule has 0 fully saturated rings. The second kappa shape index (κ2) is 2.83. The van der Waals surface area contributed by atoms with Gasteiger partial charge >= 0.3 is 0 Å². The summed E-state index contributed by atoms with van der Waals surface area (Å²) in [5, 5.41) is 6.99. The zero-order valence-corrected chi connectivity index (χ0v) is 7.28. The van der Waals surface area contributed by atoms with Crippen LogP contribution in [0.5, 0.6) is 0 Å². The van der Waals surface area contributed by atoms with Crippen molar-refractivity contribution in [1.82, 2.24) is 0 Å². The maximum Gasteiger partial charge on any atom is 0.272 e. The second-order valence-corrected chi connectivity index (χ2v) is 4.83. The molecule has 7 heteroatoms. The fourth-order valence-corrected chi connectivity index (χ4v) is 1.21. The highest BCUT2D eigenvalue weighted by Gasteiger charge is 2.37. The van der Waals surface area contributed by atoms with Crippen LogP contribution in [-0.4, -0.2) is 27.8 Å². The maximum atomic E-state index is 10.2. The van der Waals surface area contributed by atoms with Crippen molar-refractivity contribution in [2.75, 3.05) is 0 Å². The molecular formula is C3H6Cl2O4S. The summed E-state index contributed by atoms with van der Waals surface area (Å²) in [6, 6.07) is 0. The predicted octanol–water partition coefficient (Wildman–Crippen LogP) is 0.386. The topological polar surface area (TPSA) is 74.6 Å². The molecular weight excluding hydrogens is 203 g/mol. The molecule has 62 valence electrons. The Balaban J connectivity index is 4.56. The lowest BCUT2D eigenvalue weighted by Gasteiger charge is -2.16. The zero-order valence-electron chi connectivity index (χ0n) is 4.95. The summed E-state index contributed by atoms with van der Waals surface area (Å²) in [6.45, 7) is 0.981. The van der Waals surface area contributed by atoms with E-state index in [-0.39, 0.29) is 0 Å². The number of hydrogen-bond donors (Lipinski definition) is 2. The van der Waals surface area contributed by atoms with E-state index >= 15 is 0 Å². The van der Waals surface area contributed by atoms with Crippen LogP contribution in [0, 0.1) is 0 Å². The minimum Gasteiger partial charge on any atom is -0.361 e. The number of alkyl halides is 2. The van der Waals surface area contributed by atoms with Gasteiger partial charge in [0, 0.05) is 0 Å². The Morgan fingerprint density at radius 1 is 1.50 bits per heavy atom. The largest absolute Gasteiger partial charge is 0.361 e. The fourth-order valence-electron chi connectivity index (χ4n) is 0.179. The normalized spacial score (nSPS) is 16.9. The van der Waals surface area contributed by atoms with Crippen LogP contribution in [0.3, 0.4) is 0 Å². The molecule has 0 aromatic rings. The number of hydrogen-bond acceptors (Lipinski definition) is 3. The van der Waals surface area contributed by atoms with E-state index in [1.54, 1.807) is 0 Å². The van der Waals surface area contributed by atoms with Crippen molar-refractivity contribution in [2.45, 2.75) is 16.7 Å². The van der Waals surface area contributed by atoms with Gasteiger partial charge in [0.25, 0.3) is 10.1 Å². The van der Waals surface area contributed by atoms with Crippen LogP contribution in [0.25, 0.3) is 0 Å². The summed E-state index contributed by atoms with van der Waals surface area (Å²) in [7, 11) is -4.37. The van der Waals surface area contributed by atoms with Crippen LogP contribution in [0.2, 0.25) is 0 Å². The third-order valence-corrected chi connectivity index (χ3v) is 3.08. The first-order valence-electron chi connectivity index (χ1n) is 2.22. The van der Waals surface area contributed by atoms with Gasteiger partial charge in [0.2, 0.25) is 4.52 Å². The highest BCUT2D eigenvalue weighted by atomic mass is 35.5. The van der Waals surface area contributed by atoms with E-state index in [1.165, 1.54) is 0 Å². The molecule has 1 unspecified atom stereocenters. The van der Waals surface area contributed by atoms with E-state index in [2.05, 4.69) is 0 Å². The van der Waals surface area contributed by atoms with Crippen LogP contribution in [0.1, 0.15) is 6.92 Å². The maximum absolute atomic E-state index is 10.2. The predicted molar refractivity (Wildman–Crippen MR) is 37.7 cm³/mol. The van der Waals surface area contributed by atoms with E-state index in [1.807, 2.05) is 0 Å².